The summed E-state index contributed by atoms with van der Waals surface area (Å²) in [7, 11) is 0. The molecular weight excluding hydrogens is 246 g/mol. The lowest BCUT2D eigenvalue weighted by atomic mass is 9.76. The van der Waals surface area contributed by atoms with Crippen molar-refractivity contribution in [3.05, 3.63) is 35.4 Å². The minimum absolute atomic E-state index is 0.269. The van der Waals surface area contributed by atoms with Crippen LogP contribution in [0.1, 0.15) is 44.6 Å². The lowest BCUT2D eigenvalue weighted by Crippen LogP contribution is -2.28. The van der Waals surface area contributed by atoms with Crippen molar-refractivity contribution >= 4 is 0 Å². The largest absolute Gasteiger partial charge is 0.392 e. The van der Waals surface area contributed by atoms with Gasteiger partial charge in [-0.05, 0) is 48.8 Å². The van der Waals surface area contributed by atoms with Gasteiger partial charge in [-0.25, -0.2) is 8.78 Å². The van der Waals surface area contributed by atoms with Gasteiger partial charge in [0.05, 0.1) is 6.10 Å². The van der Waals surface area contributed by atoms with Crippen LogP contribution in [0.2, 0.25) is 0 Å². The fourth-order valence-electron chi connectivity index (χ4n) is 3.19. The van der Waals surface area contributed by atoms with E-state index in [0.717, 1.165) is 31.7 Å². The Kier molecular flexibility index (Phi) is 4.92. The average Bonchev–Trinajstić information content (AvgIpc) is 2.37. The second kappa shape index (κ2) is 6.47. The zero-order valence-electron chi connectivity index (χ0n) is 11.4. The molecule has 3 heteroatoms. The van der Waals surface area contributed by atoms with E-state index < -0.39 is 17.7 Å². The van der Waals surface area contributed by atoms with Crippen LogP contribution in [0.3, 0.4) is 0 Å². The Hall–Kier alpha value is -0.960. The fourth-order valence-corrected chi connectivity index (χ4v) is 3.19. The molecule has 106 valence electrons. The van der Waals surface area contributed by atoms with Gasteiger partial charge in [0.25, 0.3) is 0 Å². The van der Waals surface area contributed by atoms with Crippen LogP contribution >= 0.6 is 0 Å². The van der Waals surface area contributed by atoms with E-state index in [9.17, 15) is 13.9 Å². The maximum absolute atomic E-state index is 13.1. The van der Waals surface area contributed by atoms with Crippen LogP contribution in [0.25, 0.3) is 0 Å². The van der Waals surface area contributed by atoms with Gasteiger partial charge in [-0.3, -0.25) is 0 Å². The van der Waals surface area contributed by atoms with E-state index in [2.05, 4.69) is 6.92 Å². The first-order valence-corrected chi connectivity index (χ1v) is 7.21. The molecule has 0 amide bonds. The van der Waals surface area contributed by atoms with Crippen molar-refractivity contribution in [2.75, 3.05) is 0 Å². The van der Waals surface area contributed by atoms with Crippen LogP contribution in [-0.4, -0.2) is 11.2 Å². The van der Waals surface area contributed by atoms with Crippen molar-refractivity contribution in [2.45, 2.75) is 51.6 Å². The molecule has 1 aromatic carbocycles. The molecule has 1 N–H and O–H groups in total. The van der Waals surface area contributed by atoms with Crippen molar-refractivity contribution in [1.29, 1.82) is 0 Å². The Morgan fingerprint density at radius 3 is 2.53 bits per heavy atom. The Morgan fingerprint density at radius 2 is 1.89 bits per heavy atom. The number of hydrogen-bond acceptors (Lipinski definition) is 1. The molecule has 0 spiro atoms. The predicted molar refractivity (Wildman–Crippen MR) is 71.8 cm³/mol. The van der Waals surface area contributed by atoms with E-state index in [0.29, 0.717) is 17.9 Å². The van der Waals surface area contributed by atoms with E-state index in [4.69, 9.17) is 0 Å². The molecule has 1 nitrogen and oxygen atoms in total. The number of aliphatic hydroxyl groups is 1. The Morgan fingerprint density at radius 1 is 1.21 bits per heavy atom. The number of aliphatic hydroxyl groups excluding tert-OH is 1. The maximum Gasteiger partial charge on any atom is 0.126 e. The second-order valence-electron chi connectivity index (χ2n) is 5.75. The maximum atomic E-state index is 13.1. The molecule has 19 heavy (non-hydrogen) atoms. The first-order valence-electron chi connectivity index (χ1n) is 7.21. The zero-order valence-corrected chi connectivity index (χ0v) is 11.4. The normalized spacial score (nSPS) is 25.3. The van der Waals surface area contributed by atoms with Crippen LogP contribution in [0.4, 0.5) is 8.78 Å². The molecule has 1 fully saturated rings. The lowest BCUT2D eigenvalue weighted by Gasteiger charge is -2.31. The quantitative estimate of drug-likeness (QED) is 0.872. The fraction of sp³-hybridized carbons (Fsp3) is 0.625. The lowest BCUT2D eigenvalue weighted by molar-refractivity contribution is 0.0684. The van der Waals surface area contributed by atoms with Gasteiger partial charge < -0.3 is 5.11 Å². The van der Waals surface area contributed by atoms with Crippen LogP contribution in [-0.2, 0) is 6.42 Å². The number of benzene rings is 1. The summed E-state index contributed by atoms with van der Waals surface area (Å²) >= 11 is 0. The van der Waals surface area contributed by atoms with Gasteiger partial charge in [-0.1, -0.05) is 26.2 Å². The SMILES string of the molecule is CCC1CCCC(C(O)Cc2cc(F)cc(F)c2)C1. The van der Waals surface area contributed by atoms with Crippen LogP contribution in [0.15, 0.2) is 18.2 Å². The van der Waals surface area contributed by atoms with Crippen molar-refractivity contribution in [3.8, 4) is 0 Å². The standard InChI is InChI=1S/C16H22F2O/c1-2-11-4-3-5-13(6-11)16(19)9-12-7-14(17)10-15(18)8-12/h7-8,10-11,13,16,19H,2-6,9H2,1H3. The van der Waals surface area contributed by atoms with Crippen LogP contribution in [0.5, 0.6) is 0 Å². The van der Waals surface area contributed by atoms with Gasteiger partial charge in [0.1, 0.15) is 11.6 Å². The van der Waals surface area contributed by atoms with Gasteiger partial charge in [0.2, 0.25) is 0 Å². The summed E-state index contributed by atoms with van der Waals surface area (Å²) in [6.07, 6.45) is 5.46. The number of rotatable bonds is 4. The zero-order chi connectivity index (χ0) is 13.8. The van der Waals surface area contributed by atoms with Crippen molar-refractivity contribution in [2.24, 2.45) is 11.8 Å². The summed E-state index contributed by atoms with van der Waals surface area (Å²) in [5.74, 6) is -0.183. The van der Waals surface area contributed by atoms with Crippen LogP contribution < -0.4 is 0 Å². The molecule has 0 heterocycles. The highest BCUT2D eigenvalue weighted by atomic mass is 19.1. The Bertz CT molecular complexity index is 399. The predicted octanol–water partition coefficient (Wildman–Crippen LogP) is 4.08. The number of halogens is 2. The minimum atomic E-state index is -0.572. The smallest absolute Gasteiger partial charge is 0.126 e. The number of hydrogen-bond donors (Lipinski definition) is 1. The third kappa shape index (κ3) is 4.00. The third-order valence-electron chi connectivity index (χ3n) is 4.31. The van der Waals surface area contributed by atoms with Gasteiger partial charge in [0.15, 0.2) is 0 Å². The van der Waals surface area contributed by atoms with E-state index in [1.165, 1.54) is 18.6 Å². The van der Waals surface area contributed by atoms with Crippen molar-refractivity contribution in [1.82, 2.24) is 0 Å². The summed E-state index contributed by atoms with van der Waals surface area (Å²) in [6.45, 7) is 2.18. The second-order valence-corrected chi connectivity index (χ2v) is 5.75. The molecule has 0 saturated heterocycles. The molecule has 0 aliphatic heterocycles. The molecule has 1 aliphatic rings. The minimum Gasteiger partial charge on any atom is -0.392 e. The highest BCUT2D eigenvalue weighted by Gasteiger charge is 2.26. The summed E-state index contributed by atoms with van der Waals surface area (Å²) in [6, 6.07) is 3.49. The molecule has 1 aromatic rings. The molecule has 2 rings (SSSR count). The molecular formula is C16H22F2O. The molecule has 3 atom stereocenters. The first kappa shape index (κ1) is 14.4. The molecule has 0 bridgehead atoms. The van der Waals surface area contributed by atoms with Gasteiger partial charge in [0, 0.05) is 6.07 Å². The van der Waals surface area contributed by atoms with E-state index >= 15 is 0 Å². The molecule has 3 unspecified atom stereocenters. The Balaban J connectivity index is 1.98. The van der Waals surface area contributed by atoms with Gasteiger partial charge in [-0.15, -0.1) is 0 Å². The molecule has 0 radical (unpaired) electrons. The van der Waals surface area contributed by atoms with E-state index in [-0.39, 0.29) is 5.92 Å². The van der Waals surface area contributed by atoms with Gasteiger partial charge >= 0.3 is 0 Å². The molecule has 1 aliphatic carbocycles. The van der Waals surface area contributed by atoms with E-state index in [1.807, 2.05) is 0 Å². The summed E-state index contributed by atoms with van der Waals surface area (Å²) < 4.78 is 26.2. The third-order valence-corrected chi connectivity index (χ3v) is 4.31. The highest BCUT2D eigenvalue weighted by molar-refractivity contribution is 5.18. The topological polar surface area (TPSA) is 20.2 Å². The Labute approximate surface area is 113 Å². The first-order chi connectivity index (χ1) is 9.08. The van der Waals surface area contributed by atoms with Crippen molar-refractivity contribution < 1.29 is 13.9 Å². The molecule has 1 saturated carbocycles. The molecule has 0 aromatic heterocycles. The highest BCUT2D eigenvalue weighted by Crippen LogP contribution is 2.33. The summed E-state index contributed by atoms with van der Waals surface area (Å²) in [5, 5.41) is 10.3. The monoisotopic (exact) mass is 268 g/mol. The van der Waals surface area contributed by atoms with E-state index in [1.54, 1.807) is 0 Å². The van der Waals surface area contributed by atoms with Gasteiger partial charge in [-0.2, -0.15) is 0 Å². The van der Waals surface area contributed by atoms with Crippen LogP contribution in [0, 0.1) is 23.5 Å². The summed E-state index contributed by atoms with van der Waals surface area (Å²) in [4.78, 5) is 0. The average molecular weight is 268 g/mol. The van der Waals surface area contributed by atoms with Crippen molar-refractivity contribution in [3.63, 3.8) is 0 Å². The summed E-state index contributed by atoms with van der Waals surface area (Å²) in [5.41, 5.74) is 0.545.